The van der Waals surface area contributed by atoms with Crippen molar-refractivity contribution in [3.63, 3.8) is 0 Å². The Morgan fingerprint density at radius 2 is 1.79 bits per heavy atom. The first-order valence-electron chi connectivity index (χ1n) is 7.35. The summed E-state index contributed by atoms with van der Waals surface area (Å²) >= 11 is 1.34. The van der Waals surface area contributed by atoms with E-state index in [2.05, 4.69) is 10.2 Å². The topological polar surface area (TPSA) is 56.5 Å². The van der Waals surface area contributed by atoms with Crippen LogP contribution in [0.2, 0.25) is 0 Å². The molecular formula is C18H13N3O2S. The minimum absolute atomic E-state index is 0.102. The second-order valence-electron chi connectivity index (χ2n) is 5.20. The van der Waals surface area contributed by atoms with Gasteiger partial charge in [-0.3, -0.25) is 4.79 Å². The molecule has 0 N–H and O–H groups in total. The lowest BCUT2D eigenvalue weighted by molar-refractivity contribution is 0.415. The van der Waals surface area contributed by atoms with Crippen molar-refractivity contribution in [2.45, 2.75) is 0 Å². The van der Waals surface area contributed by atoms with Crippen molar-refractivity contribution >= 4 is 22.4 Å². The molecule has 2 aromatic heterocycles. The maximum atomic E-state index is 12.7. The van der Waals surface area contributed by atoms with Gasteiger partial charge in [0, 0.05) is 5.56 Å². The van der Waals surface area contributed by atoms with Gasteiger partial charge in [0.2, 0.25) is 4.96 Å². The molecule has 0 saturated heterocycles. The number of benzene rings is 2. The SMILES string of the molecule is COc1ccc(-c2nnc3s/c(=C\c4ccccc4)c(=O)n23)cc1. The van der Waals surface area contributed by atoms with Crippen LogP contribution in [-0.2, 0) is 0 Å². The van der Waals surface area contributed by atoms with Crippen LogP contribution in [0.5, 0.6) is 5.75 Å². The van der Waals surface area contributed by atoms with Crippen molar-refractivity contribution in [2.75, 3.05) is 7.11 Å². The summed E-state index contributed by atoms with van der Waals surface area (Å²) in [5.74, 6) is 1.30. The zero-order chi connectivity index (χ0) is 16.5. The zero-order valence-electron chi connectivity index (χ0n) is 12.8. The van der Waals surface area contributed by atoms with E-state index >= 15 is 0 Å². The number of methoxy groups -OCH3 is 1. The number of thiazole rings is 1. The molecule has 5 nitrogen and oxygen atoms in total. The molecule has 0 spiro atoms. The Hall–Kier alpha value is -2.99. The monoisotopic (exact) mass is 335 g/mol. The van der Waals surface area contributed by atoms with Crippen LogP contribution in [0.4, 0.5) is 0 Å². The Labute approximate surface area is 141 Å². The second-order valence-corrected chi connectivity index (χ2v) is 6.21. The van der Waals surface area contributed by atoms with Gasteiger partial charge in [-0.1, -0.05) is 41.7 Å². The highest BCUT2D eigenvalue weighted by atomic mass is 32.1. The summed E-state index contributed by atoms with van der Waals surface area (Å²) in [6.45, 7) is 0. The fourth-order valence-electron chi connectivity index (χ4n) is 2.49. The number of nitrogens with zero attached hydrogens (tertiary/aromatic N) is 3. The third kappa shape index (κ3) is 2.47. The molecule has 0 fully saturated rings. The van der Waals surface area contributed by atoms with Crippen LogP contribution >= 0.6 is 11.3 Å². The first kappa shape index (κ1) is 14.6. The molecule has 24 heavy (non-hydrogen) atoms. The van der Waals surface area contributed by atoms with Gasteiger partial charge in [-0.2, -0.15) is 0 Å². The smallest absolute Gasteiger partial charge is 0.276 e. The van der Waals surface area contributed by atoms with Gasteiger partial charge in [0.05, 0.1) is 11.6 Å². The molecule has 6 heteroatoms. The molecule has 4 rings (SSSR count). The summed E-state index contributed by atoms with van der Waals surface area (Å²) in [6.07, 6.45) is 1.87. The largest absolute Gasteiger partial charge is 0.497 e. The fourth-order valence-corrected chi connectivity index (χ4v) is 3.40. The van der Waals surface area contributed by atoms with E-state index in [4.69, 9.17) is 4.74 Å². The molecule has 118 valence electrons. The van der Waals surface area contributed by atoms with E-state index in [1.807, 2.05) is 60.7 Å². The van der Waals surface area contributed by atoms with Gasteiger partial charge in [-0.05, 0) is 35.9 Å². The molecule has 0 saturated carbocycles. The van der Waals surface area contributed by atoms with Crippen LogP contribution in [0, 0.1) is 0 Å². The number of aromatic nitrogens is 3. The molecule has 0 unspecified atom stereocenters. The van der Waals surface area contributed by atoms with Crippen LogP contribution in [0.3, 0.4) is 0 Å². The molecule has 2 heterocycles. The summed E-state index contributed by atoms with van der Waals surface area (Å²) in [5.41, 5.74) is 1.71. The highest BCUT2D eigenvalue weighted by molar-refractivity contribution is 7.15. The molecule has 2 aromatic carbocycles. The second kappa shape index (κ2) is 5.90. The van der Waals surface area contributed by atoms with E-state index in [0.29, 0.717) is 15.3 Å². The van der Waals surface area contributed by atoms with E-state index in [9.17, 15) is 4.79 Å². The minimum Gasteiger partial charge on any atom is -0.497 e. The van der Waals surface area contributed by atoms with E-state index < -0.39 is 0 Å². The van der Waals surface area contributed by atoms with Gasteiger partial charge in [-0.25, -0.2) is 4.40 Å². The third-order valence-corrected chi connectivity index (χ3v) is 4.65. The van der Waals surface area contributed by atoms with Crippen molar-refractivity contribution in [3.05, 3.63) is 75.0 Å². The number of hydrogen-bond donors (Lipinski definition) is 0. The molecular weight excluding hydrogens is 322 g/mol. The molecule has 0 atom stereocenters. The fraction of sp³-hybridized carbons (Fsp3) is 0.0556. The molecule has 0 bridgehead atoms. The number of fused-ring (bicyclic) bond motifs is 1. The predicted octanol–water partition coefficient (Wildman–Crippen LogP) is 2.37. The Bertz CT molecular complexity index is 1100. The van der Waals surface area contributed by atoms with Crippen molar-refractivity contribution in [3.8, 4) is 17.1 Å². The van der Waals surface area contributed by atoms with E-state index in [-0.39, 0.29) is 5.56 Å². The maximum absolute atomic E-state index is 12.7. The summed E-state index contributed by atoms with van der Waals surface area (Å²) in [6, 6.07) is 17.2. The van der Waals surface area contributed by atoms with Crippen LogP contribution in [0.1, 0.15) is 5.56 Å². The van der Waals surface area contributed by atoms with Crippen LogP contribution < -0.4 is 14.8 Å². The summed E-state index contributed by atoms with van der Waals surface area (Å²) < 4.78 is 7.36. The Kier molecular flexibility index (Phi) is 3.59. The van der Waals surface area contributed by atoms with Crippen molar-refractivity contribution in [1.29, 1.82) is 0 Å². The maximum Gasteiger partial charge on any atom is 0.276 e. The average Bonchev–Trinajstić information content (AvgIpc) is 3.17. The van der Waals surface area contributed by atoms with Gasteiger partial charge in [-0.15, -0.1) is 10.2 Å². The van der Waals surface area contributed by atoms with Crippen LogP contribution in [-0.4, -0.2) is 21.7 Å². The van der Waals surface area contributed by atoms with Crippen molar-refractivity contribution < 1.29 is 4.74 Å². The number of ether oxygens (including phenoxy) is 1. The van der Waals surface area contributed by atoms with Crippen LogP contribution in [0.25, 0.3) is 22.4 Å². The van der Waals surface area contributed by atoms with E-state index in [1.165, 1.54) is 11.3 Å². The van der Waals surface area contributed by atoms with E-state index in [0.717, 1.165) is 16.9 Å². The normalized spacial score (nSPS) is 12.0. The highest BCUT2D eigenvalue weighted by Crippen LogP contribution is 2.21. The van der Waals surface area contributed by atoms with E-state index in [1.54, 1.807) is 11.5 Å². The third-order valence-electron chi connectivity index (χ3n) is 3.69. The quantitative estimate of drug-likeness (QED) is 0.577. The average molecular weight is 335 g/mol. The number of hydrogen-bond acceptors (Lipinski definition) is 5. The Balaban J connectivity index is 1.87. The first-order chi connectivity index (χ1) is 11.8. The summed E-state index contributed by atoms with van der Waals surface area (Å²) in [7, 11) is 1.62. The van der Waals surface area contributed by atoms with Gasteiger partial charge in [0.1, 0.15) is 5.75 Å². The molecule has 0 aliphatic carbocycles. The lowest BCUT2D eigenvalue weighted by atomic mass is 10.2. The lowest BCUT2D eigenvalue weighted by Crippen LogP contribution is -2.23. The molecule has 0 aliphatic rings. The van der Waals surface area contributed by atoms with Crippen molar-refractivity contribution in [2.24, 2.45) is 0 Å². The van der Waals surface area contributed by atoms with Gasteiger partial charge < -0.3 is 4.74 Å². The Morgan fingerprint density at radius 1 is 1.04 bits per heavy atom. The number of rotatable bonds is 3. The van der Waals surface area contributed by atoms with Crippen molar-refractivity contribution in [1.82, 2.24) is 14.6 Å². The van der Waals surface area contributed by atoms with Gasteiger partial charge in [0.15, 0.2) is 5.82 Å². The highest BCUT2D eigenvalue weighted by Gasteiger charge is 2.14. The standard InChI is InChI=1S/C18H13N3O2S/c1-23-14-9-7-13(8-10-14)16-19-20-18-21(16)17(22)15(24-18)11-12-5-3-2-4-6-12/h2-11H,1H3/b15-11-. The lowest BCUT2D eigenvalue weighted by Gasteiger charge is -2.00. The van der Waals surface area contributed by atoms with Gasteiger partial charge in [0.25, 0.3) is 5.56 Å². The minimum atomic E-state index is -0.102. The molecule has 0 amide bonds. The van der Waals surface area contributed by atoms with Crippen LogP contribution in [0.15, 0.2) is 59.4 Å². The predicted molar refractivity (Wildman–Crippen MR) is 94.3 cm³/mol. The molecule has 4 aromatic rings. The molecule has 0 aliphatic heterocycles. The van der Waals surface area contributed by atoms with Gasteiger partial charge >= 0.3 is 0 Å². The summed E-state index contributed by atoms with van der Waals surface area (Å²) in [5, 5.41) is 8.30. The Morgan fingerprint density at radius 3 is 2.50 bits per heavy atom. The zero-order valence-corrected chi connectivity index (χ0v) is 13.7. The summed E-state index contributed by atoms with van der Waals surface area (Å²) in [4.78, 5) is 13.3. The molecule has 0 radical (unpaired) electrons. The first-order valence-corrected chi connectivity index (χ1v) is 8.17.